The van der Waals surface area contributed by atoms with Crippen LogP contribution in [0.1, 0.15) is 20.3 Å². The molecule has 0 heterocycles. The predicted octanol–water partition coefficient (Wildman–Crippen LogP) is -0.710. The Kier molecular flexibility index (Phi) is 7.33. The number of rotatable bonds is 8. The van der Waals surface area contributed by atoms with E-state index in [1.54, 1.807) is 14.0 Å². The second-order valence-corrected chi connectivity index (χ2v) is 6.45. The second kappa shape index (κ2) is 7.62. The first-order valence-corrected chi connectivity index (χ1v) is 7.26. The first kappa shape index (κ1) is 16.3. The van der Waals surface area contributed by atoms with Gasteiger partial charge in [0.05, 0.1) is 5.75 Å². The molecule has 0 saturated heterocycles. The standard InChI is InChI=1S/C10H22N2O4S/c1-8(11)7-17(14,15)9(2)10(13)12-5-4-6-16-3/h8-9H,4-7,11H2,1-3H3,(H,12,13). The number of ether oxygens (including phenoxy) is 1. The number of hydrogen-bond acceptors (Lipinski definition) is 5. The highest BCUT2D eigenvalue weighted by Gasteiger charge is 2.28. The van der Waals surface area contributed by atoms with Crippen LogP contribution in [0.2, 0.25) is 0 Å². The third-order valence-electron chi connectivity index (χ3n) is 2.23. The van der Waals surface area contributed by atoms with Gasteiger partial charge >= 0.3 is 0 Å². The first-order chi connectivity index (χ1) is 7.81. The molecule has 6 nitrogen and oxygen atoms in total. The number of carbonyl (C=O) groups excluding carboxylic acids is 1. The van der Waals surface area contributed by atoms with Gasteiger partial charge in [0.25, 0.3) is 0 Å². The smallest absolute Gasteiger partial charge is 0.238 e. The van der Waals surface area contributed by atoms with Gasteiger partial charge in [-0.05, 0) is 20.3 Å². The Labute approximate surface area is 103 Å². The summed E-state index contributed by atoms with van der Waals surface area (Å²) in [5, 5.41) is 1.50. The third kappa shape index (κ3) is 6.60. The molecule has 0 aliphatic carbocycles. The number of nitrogens with two attached hydrogens (primary N) is 1. The van der Waals surface area contributed by atoms with Gasteiger partial charge in [0.1, 0.15) is 5.25 Å². The summed E-state index contributed by atoms with van der Waals surface area (Å²) in [4.78, 5) is 11.6. The maximum absolute atomic E-state index is 11.7. The minimum absolute atomic E-state index is 0.181. The van der Waals surface area contributed by atoms with Crippen molar-refractivity contribution >= 4 is 15.7 Å². The van der Waals surface area contributed by atoms with Gasteiger partial charge in [0, 0.05) is 26.3 Å². The second-order valence-electron chi connectivity index (χ2n) is 4.09. The van der Waals surface area contributed by atoms with Crippen LogP contribution in [-0.4, -0.2) is 51.6 Å². The fourth-order valence-electron chi connectivity index (χ4n) is 1.25. The minimum atomic E-state index is -3.47. The van der Waals surface area contributed by atoms with Gasteiger partial charge in [-0.1, -0.05) is 0 Å². The lowest BCUT2D eigenvalue weighted by atomic mass is 10.4. The van der Waals surface area contributed by atoms with Crippen LogP contribution in [0.25, 0.3) is 0 Å². The van der Waals surface area contributed by atoms with Gasteiger partial charge in [-0.25, -0.2) is 8.42 Å². The molecule has 0 bridgehead atoms. The molecule has 0 aromatic rings. The largest absolute Gasteiger partial charge is 0.385 e. The Hall–Kier alpha value is -0.660. The summed E-state index contributed by atoms with van der Waals surface area (Å²) in [6, 6.07) is -0.469. The van der Waals surface area contributed by atoms with Crippen molar-refractivity contribution in [3.8, 4) is 0 Å². The zero-order valence-corrected chi connectivity index (χ0v) is 11.4. The highest BCUT2D eigenvalue weighted by molar-refractivity contribution is 7.92. The summed E-state index contributed by atoms with van der Waals surface area (Å²) in [6.07, 6.45) is 0.655. The Morgan fingerprint density at radius 2 is 2.00 bits per heavy atom. The molecule has 0 aromatic heterocycles. The van der Waals surface area contributed by atoms with Crippen LogP contribution in [0.15, 0.2) is 0 Å². The normalized spacial score (nSPS) is 15.3. The molecule has 0 aliphatic heterocycles. The molecule has 0 aromatic carbocycles. The van der Waals surface area contributed by atoms with Crippen molar-refractivity contribution in [1.29, 1.82) is 0 Å². The Morgan fingerprint density at radius 3 is 2.47 bits per heavy atom. The Balaban J connectivity index is 4.20. The van der Waals surface area contributed by atoms with E-state index in [4.69, 9.17) is 10.5 Å². The molecule has 2 atom stereocenters. The number of amides is 1. The molecule has 7 heteroatoms. The summed E-state index contributed by atoms with van der Waals surface area (Å²) in [5.41, 5.74) is 5.43. The van der Waals surface area contributed by atoms with Crippen LogP contribution in [0, 0.1) is 0 Å². The molecule has 2 unspecified atom stereocenters. The highest BCUT2D eigenvalue weighted by atomic mass is 32.2. The van der Waals surface area contributed by atoms with E-state index in [2.05, 4.69) is 5.32 Å². The van der Waals surface area contributed by atoms with Crippen molar-refractivity contribution < 1.29 is 17.9 Å². The lowest BCUT2D eigenvalue weighted by Crippen LogP contribution is -2.42. The first-order valence-electron chi connectivity index (χ1n) is 5.55. The van der Waals surface area contributed by atoms with E-state index in [0.29, 0.717) is 19.6 Å². The van der Waals surface area contributed by atoms with Crippen LogP contribution in [-0.2, 0) is 19.4 Å². The number of nitrogens with one attached hydrogen (secondary N) is 1. The molecular formula is C10H22N2O4S. The predicted molar refractivity (Wildman–Crippen MR) is 66.4 cm³/mol. The van der Waals surface area contributed by atoms with Crippen molar-refractivity contribution in [1.82, 2.24) is 5.32 Å². The van der Waals surface area contributed by atoms with Crippen molar-refractivity contribution in [3.63, 3.8) is 0 Å². The lowest BCUT2D eigenvalue weighted by molar-refractivity contribution is -0.120. The van der Waals surface area contributed by atoms with Gasteiger partial charge in [-0.2, -0.15) is 0 Å². The third-order valence-corrected chi connectivity index (χ3v) is 4.51. The minimum Gasteiger partial charge on any atom is -0.385 e. The molecule has 0 fully saturated rings. The molecule has 1 amide bonds. The fraction of sp³-hybridized carbons (Fsp3) is 0.900. The van der Waals surface area contributed by atoms with Gasteiger partial charge in [-0.3, -0.25) is 4.79 Å². The molecule has 102 valence electrons. The van der Waals surface area contributed by atoms with Crippen LogP contribution >= 0.6 is 0 Å². The van der Waals surface area contributed by atoms with E-state index in [9.17, 15) is 13.2 Å². The van der Waals surface area contributed by atoms with Crippen molar-refractivity contribution in [2.45, 2.75) is 31.6 Å². The number of methoxy groups -OCH3 is 1. The Morgan fingerprint density at radius 1 is 1.41 bits per heavy atom. The SMILES string of the molecule is COCCCNC(=O)C(C)S(=O)(=O)CC(C)N. The molecule has 0 saturated carbocycles. The van der Waals surface area contributed by atoms with E-state index in [1.165, 1.54) is 6.92 Å². The van der Waals surface area contributed by atoms with Crippen LogP contribution in [0.5, 0.6) is 0 Å². The fourth-order valence-corrected chi connectivity index (χ4v) is 2.68. The van der Waals surface area contributed by atoms with Gasteiger partial charge in [0.2, 0.25) is 5.91 Å². The number of sulfone groups is 1. The zero-order valence-electron chi connectivity index (χ0n) is 10.6. The van der Waals surface area contributed by atoms with Crippen molar-refractivity contribution in [3.05, 3.63) is 0 Å². The molecule has 0 aliphatic rings. The molecule has 0 spiro atoms. The summed E-state index contributed by atoms with van der Waals surface area (Å²) >= 11 is 0. The van der Waals surface area contributed by atoms with Gasteiger partial charge < -0.3 is 15.8 Å². The van der Waals surface area contributed by atoms with Gasteiger partial charge in [0.15, 0.2) is 9.84 Å². The van der Waals surface area contributed by atoms with E-state index in [1.807, 2.05) is 0 Å². The highest BCUT2D eigenvalue weighted by Crippen LogP contribution is 2.03. The van der Waals surface area contributed by atoms with E-state index in [-0.39, 0.29) is 5.75 Å². The lowest BCUT2D eigenvalue weighted by Gasteiger charge is -2.14. The van der Waals surface area contributed by atoms with Crippen molar-refractivity contribution in [2.24, 2.45) is 5.73 Å². The maximum Gasteiger partial charge on any atom is 0.238 e. The molecule has 0 rings (SSSR count). The maximum atomic E-state index is 11.7. The van der Waals surface area contributed by atoms with Crippen LogP contribution in [0.3, 0.4) is 0 Å². The van der Waals surface area contributed by atoms with Crippen LogP contribution < -0.4 is 11.1 Å². The molecule has 0 radical (unpaired) electrons. The van der Waals surface area contributed by atoms with Crippen LogP contribution in [0.4, 0.5) is 0 Å². The quantitative estimate of drug-likeness (QED) is 0.565. The summed E-state index contributed by atoms with van der Waals surface area (Å²) in [6.45, 7) is 3.91. The van der Waals surface area contributed by atoms with Crippen molar-refractivity contribution in [2.75, 3.05) is 26.0 Å². The summed E-state index contributed by atoms with van der Waals surface area (Å²) in [5.74, 6) is -0.665. The molecule has 17 heavy (non-hydrogen) atoms. The molecule has 3 N–H and O–H groups in total. The summed E-state index contributed by atoms with van der Waals surface area (Å²) < 4.78 is 28.2. The molecular weight excluding hydrogens is 244 g/mol. The Bertz CT molecular complexity index is 327. The summed E-state index contributed by atoms with van der Waals surface area (Å²) in [7, 11) is -1.90. The van der Waals surface area contributed by atoms with E-state index in [0.717, 1.165) is 0 Å². The van der Waals surface area contributed by atoms with Gasteiger partial charge in [-0.15, -0.1) is 0 Å². The number of hydrogen-bond donors (Lipinski definition) is 2. The van der Waals surface area contributed by atoms with E-state index >= 15 is 0 Å². The topological polar surface area (TPSA) is 98.5 Å². The monoisotopic (exact) mass is 266 g/mol. The zero-order chi connectivity index (χ0) is 13.5. The number of carbonyl (C=O) groups is 1. The average Bonchev–Trinajstić information content (AvgIpc) is 2.21. The average molecular weight is 266 g/mol. The van der Waals surface area contributed by atoms with E-state index < -0.39 is 27.0 Å².